The molecule has 1 aromatic carbocycles. The van der Waals surface area contributed by atoms with Crippen molar-refractivity contribution in [1.29, 1.82) is 0 Å². The van der Waals surface area contributed by atoms with Crippen molar-refractivity contribution in [2.24, 2.45) is 5.92 Å². The van der Waals surface area contributed by atoms with Gasteiger partial charge in [0.05, 0.1) is 30.3 Å². The van der Waals surface area contributed by atoms with Crippen molar-refractivity contribution < 1.29 is 13.9 Å². The lowest BCUT2D eigenvalue weighted by molar-refractivity contribution is 0.0979. The Balaban J connectivity index is 1.74. The molecule has 1 saturated carbocycles. The molecule has 0 aliphatic heterocycles. The van der Waals surface area contributed by atoms with Crippen molar-refractivity contribution >= 4 is 16.8 Å². The van der Waals surface area contributed by atoms with Gasteiger partial charge < -0.3 is 9.30 Å². The topological polar surface area (TPSA) is 44.1 Å². The van der Waals surface area contributed by atoms with Gasteiger partial charge in [-0.1, -0.05) is 12.8 Å². The molecule has 4 rings (SSSR count). The SMILES string of the molecule is COc1ccc(F)cc1Cn1cc(C(=O)CCC2CC2)c2nccc(C)c21. The third kappa shape index (κ3) is 3.59. The lowest BCUT2D eigenvalue weighted by atomic mass is 10.1. The molecule has 0 N–H and O–H groups in total. The number of hydrogen-bond acceptors (Lipinski definition) is 3. The number of carbonyl (C=O) groups excluding carboxylic acids is 1. The summed E-state index contributed by atoms with van der Waals surface area (Å²) in [6.45, 7) is 2.42. The summed E-state index contributed by atoms with van der Waals surface area (Å²) < 4.78 is 21.1. The summed E-state index contributed by atoms with van der Waals surface area (Å²) in [5, 5.41) is 0. The number of hydrogen-bond donors (Lipinski definition) is 0. The maximum absolute atomic E-state index is 13.8. The van der Waals surface area contributed by atoms with E-state index in [9.17, 15) is 9.18 Å². The predicted octanol–water partition coefficient (Wildman–Crippen LogP) is 4.91. The van der Waals surface area contributed by atoms with E-state index in [0.29, 0.717) is 30.2 Å². The highest BCUT2D eigenvalue weighted by molar-refractivity contribution is 6.07. The minimum atomic E-state index is -0.308. The normalized spacial score (nSPS) is 13.9. The minimum Gasteiger partial charge on any atom is -0.496 e. The Hall–Kier alpha value is -2.69. The molecule has 0 saturated heterocycles. The van der Waals surface area contributed by atoms with Crippen LogP contribution < -0.4 is 4.74 Å². The van der Waals surface area contributed by atoms with Gasteiger partial charge in [-0.25, -0.2) is 4.39 Å². The average Bonchev–Trinajstić information content (AvgIpc) is 3.41. The summed E-state index contributed by atoms with van der Waals surface area (Å²) >= 11 is 0. The molecule has 27 heavy (non-hydrogen) atoms. The number of benzene rings is 1. The summed E-state index contributed by atoms with van der Waals surface area (Å²) in [5.41, 5.74) is 4.07. The number of ketones is 1. The van der Waals surface area contributed by atoms with Crippen molar-refractivity contribution in [3.63, 3.8) is 0 Å². The van der Waals surface area contributed by atoms with Crippen LogP contribution in [0.15, 0.2) is 36.7 Å². The zero-order chi connectivity index (χ0) is 19.0. The Bertz CT molecular complexity index is 1000. The number of ether oxygens (including phenoxy) is 1. The fourth-order valence-electron chi connectivity index (χ4n) is 3.65. The average molecular weight is 366 g/mol. The first-order chi connectivity index (χ1) is 13.1. The summed E-state index contributed by atoms with van der Waals surface area (Å²) in [5.74, 6) is 1.17. The van der Waals surface area contributed by atoms with E-state index in [1.165, 1.54) is 25.0 Å². The Morgan fingerprint density at radius 1 is 1.33 bits per heavy atom. The van der Waals surface area contributed by atoms with Gasteiger partial charge in [0.15, 0.2) is 5.78 Å². The second-order valence-electron chi connectivity index (χ2n) is 7.36. The summed E-state index contributed by atoms with van der Waals surface area (Å²) in [6, 6.07) is 6.42. The smallest absolute Gasteiger partial charge is 0.166 e. The van der Waals surface area contributed by atoms with Gasteiger partial charge in [0.1, 0.15) is 11.6 Å². The van der Waals surface area contributed by atoms with E-state index in [0.717, 1.165) is 28.6 Å². The lowest BCUT2D eigenvalue weighted by Gasteiger charge is -2.11. The molecule has 2 heterocycles. The first kappa shape index (κ1) is 17.7. The molecule has 4 nitrogen and oxygen atoms in total. The number of pyridine rings is 1. The number of aromatic nitrogens is 2. The van der Waals surface area contributed by atoms with E-state index in [1.54, 1.807) is 19.4 Å². The first-order valence-corrected chi connectivity index (χ1v) is 9.37. The van der Waals surface area contributed by atoms with Crippen LogP contribution in [0.5, 0.6) is 5.75 Å². The minimum absolute atomic E-state index is 0.134. The highest BCUT2D eigenvalue weighted by atomic mass is 19.1. The molecule has 1 aliphatic carbocycles. The summed E-state index contributed by atoms with van der Waals surface area (Å²) in [7, 11) is 1.57. The first-order valence-electron chi connectivity index (χ1n) is 9.37. The van der Waals surface area contributed by atoms with Gasteiger partial charge in [0.2, 0.25) is 0 Å². The monoisotopic (exact) mass is 366 g/mol. The van der Waals surface area contributed by atoms with E-state index < -0.39 is 0 Å². The number of fused-ring (bicyclic) bond motifs is 1. The summed E-state index contributed by atoms with van der Waals surface area (Å²) in [6.07, 6.45) is 7.60. The van der Waals surface area contributed by atoms with Crippen LogP contribution in [-0.2, 0) is 6.54 Å². The van der Waals surface area contributed by atoms with Crippen molar-refractivity contribution in [2.45, 2.75) is 39.2 Å². The van der Waals surface area contributed by atoms with Gasteiger partial charge in [-0.2, -0.15) is 0 Å². The number of nitrogens with zero attached hydrogens (tertiary/aromatic N) is 2. The maximum atomic E-state index is 13.8. The number of halogens is 1. The maximum Gasteiger partial charge on any atom is 0.166 e. The fraction of sp³-hybridized carbons (Fsp3) is 0.364. The van der Waals surface area contributed by atoms with E-state index in [2.05, 4.69) is 4.98 Å². The zero-order valence-corrected chi connectivity index (χ0v) is 15.7. The van der Waals surface area contributed by atoms with Crippen LogP contribution >= 0.6 is 0 Å². The molecular weight excluding hydrogens is 343 g/mol. The molecule has 2 aromatic heterocycles. The molecule has 0 radical (unpaired) electrons. The van der Waals surface area contributed by atoms with Crippen molar-refractivity contribution in [3.8, 4) is 5.75 Å². The molecule has 0 bridgehead atoms. The zero-order valence-electron chi connectivity index (χ0n) is 15.7. The van der Waals surface area contributed by atoms with Gasteiger partial charge in [0.25, 0.3) is 0 Å². The van der Waals surface area contributed by atoms with E-state index in [-0.39, 0.29) is 11.6 Å². The van der Waals surface area contributed by atoms with Crippen LogP contribution in [0.3, 0.4) is 0 Å². The third-order valence-corrected chi connectivity index (χ3v) is 5.31. The highest BCUT2D eigenvalue weighted by Gasteiger charge is 2.24. The molecule has 3 aromatic rings. The van der Waals surface area contributed by atoms with Crippen LogP contribution in [0, 0.1) is 18.7 Å². The van der Waals surface area contributed by atoms with Gasteiger partial charge in [-0.05, 0) is 49.1 Å². The number of aryl methyl sites for hydroxylation is 1. The summed E-state index contributed by atoms with van der Waals surface area (Å²) in [4.78, 5) is 17.3. The molecule has 0 atom stereocenters. The Morgan fingerprint density at radius 3 is 2.89 bits per heavy atom. The van der Waals surface area contributed by atoms with E-state index in [1.807, 2.05) is 23.8 Å². The van der Waals surface area contributed by atoms with Crippen LogP contribution in [0.1, 0.15) is 47.2 Å². The largest absolute Gasteiger partial charge is 0.496 e. The fourth-order valence-corrected chi connectivity index (χ4v) is 3.65. The number of methoxy groups -OCH3 is 1. The predicted molar refractivity (Wildman–Crippen MR) is 103 cm³/mol. The van der Waals surface area contributed by atoms with Gasteiger partial charge >= 0.3 is 0 Å². The van der Waals surface area contributed by atoms with Crippen molar-refractivity contribution in [3.05, 3.63) is 59.2 Å². The van der Waals surface area contributed by atoms with Crippen LogP contribution in [0.25, 0.3) is 11.0 Å². The van der Waals surface area contributed by atoms with Gasteiger partial charge in [-0.3, -0.25) is 9.78 Å². The quantitative estimate of drug-likeness (QED) is 0.558. The number of rotatable bonds is 7. The van der Waals surface area contributed by atoms with E-state index in [4.69, 9.17) is 4.74 Å². The molecule has 0 amide bonds. The molecule has 140 valence electrons. The van der Waals surface area contributed by atoms with Gasteiger partial charge in [0, 0.05) is 24.4 Å². The molecule has 0 unspecified atom stereocenters. The number of Topliss-reactive ketones (excluding diaryl/α,β-unsaturated/α-hetero) is 1. The molecular formula is C22H23FN2O2. The van der Waals surface area contributed by atoms with Crippen molar-refractivity contribution in [2.75, 3.05) is 7.11 Å². The molecule has 1 fully saturated rings. The second-order valence-corrected chi connectivity index (χ2v) is 7.36. The van der Waals surface area contributed by atoms with Crippen LogP contribution in [0.2, 0.25) is 0 Å². The second kappa shape index (κ2) is 7.14. The Kier molecular flexibility index (Phi) is 4.68. The molecule has 0 spiro atoms. The lowest BCUT2D eigenvalue weighted by Crippen LogP contribution is -2.03. The van der Waals surface area contributed by atoms with Gasteiger partial charge in [-0.15, -0.1) is 0 Å². The Labute approximate surface area is 158 Å². The highest BCUT2D eigenvalue weighted by Crippen LogP contribution is 2.34. The standard InChI is InChI=1S/C22H23FN2O2/c1-14-9-10-24-21-18(19(26)7-5-15-3-4-15)13-25(22(14)21)12-16-11-17(23)6-8-20(16)27-2/h6,8-11,13,15H,3-5,7,12H2,1-2H3. The molecule has 1 aliphatic rings. The molecule has 5 heteroatoms. The van der Waals surface area contributed by atoms with Crippen molar-refractivity contribution in [1.82, 2.24) is 9.55 Å². The third-order valence-electron chi connectivity index (χ3n) is 5.31. The van der Waals surface area contributed by atoms with Crippen LogP contribution in [-0.4, -0.2) is 22.4 Å². The number of carbonyl (C=O) groups is 1. The van der Waals surface area contributed by atoms with Crippen LogP contribution in [0.4, 0.5) is 4.39 Å². The van der Waals surface area contributed by atoms with E-state index >= 15 is 0 Å². The Morgan fingerprint density at radius 2 is 2.15 bits per heavy atom.